The number of rotatable bonds is 13. The number of hydrogen-bond donors (Lipinski definition) is 4. The third-order valence-electron chi connectivity index (χ3n) is 9.06. The van der Waals surface area contributed by atoms with E-state index >= 15 is 0 Å². The van der Waals surface area contributed by atoms with E-state index < -0.39 is 65.2 Å². The van der Waals surface area contributed by atoms with Crippen molar-refractivity contribution in [3.8, 4) is 0 Å². The van der Waals surface area contributed by atoms with Gasteiger partial charge in [-0.15, -0.1) is 0 Å². The Morgan fingerprint density at radius 2 is 1.68 bits per heavy atom. The van der Waals surface area contributed by atoms with Crippen LogP contribution in [0.2, 0.25) is 0 Å². The van der Waals surface area contributed by atoms with Crippen molar-refractivity contribution in [1.82, 2.24) is 25.8 Å². The summed E-state index contributed by atoms with van der Waals surface area (Å²) in [5, 5.41) is 8.40. The van der Waals surface area contributed by atoms with E-state index in [1.165, 1.54) is 9.80 Å². The second kappa shape index (κ2) is 14.4. The predicted molar refractivity (Wildman–Crippen MR) is 163 cm³/mol. The second-order valence-electron chi connectivity index (χ2n) is 13.9. The van der Waals surface area contributed by atoms with E-state index in [9.17, 15) is 28.8 Å². The SMILES string of the molecule is C=C(C)[C@@H](CN1CCOC1=O)NC(=O)N[C@H](C(=O)N1CC[C@H](C(C)C)[C@H]1C(=O)NC(CC1CCC1)C(=O)C(N)=O)C(C)(C)C. The molecule has 0 aromatic carbocycles. The second-order valence-corrected chi connectivity index (χ2v) is 13.9. The largest absolute Gasteiger partial charge is 0.448 e. The van der Waals surface area contributed by atoms with Gasteiger partial charge in [-0.05, 0) is 42.9 Å². The number of carbonyl (C=O) groups excluding carboxylic acids is 6. The van der Waals surface area contributed by atoms with Crippen molar-refractivity contribution >= 4 is 35.6 Å². The van der Waals surface area contributed by atoms with Gasteiger partial charge >= 0.3 is 12.1 Å². The molecule has 6 amide bonds. The predicted octanol–water partition coefficient (Wildman–Crippen LogP) is 1.70. The Bertz CT molecular complexity index is 1140. The number of urea groups is 1. The first-order valence-corrected chi connectivity index (χ1v) is 15.6. The lowest BCUT2D eigenvalue weighted by Gasteiger charge is -2.37. The number of ketones is 1. The first-order chi connectivity index (χ1) is 20.5. The monoisotopic (exact) mass is 618 g/mol. The fourth-order valence-electron chi connectivity index (χ4n) is 6.10. The quantitative estimate of drug-likeness (QED) is 0.179. The fraction of sp³-hybridized carbons (Fsp3) is 0.742. The molecular weight excluding hydrogens is 568 g/mol. The fourth-order valence-corrected chi connectivity index (χ4v) is 6.10. The number of nitrogens with zero attached hydrogens (tertiary/aromatic N) is 2. The van der Waals surface area contributed by atoms with Gasteiger partial charge in [0.25, 0.3) is 5.91 Å². The Balaban J connectivity index is 1.80. The molecule has 5 N–H and O–H groups in total. The number of likely N-dealkylation sites (tertiary alicyclic amines) is 1. The van der Waals surface area contributed by atoms with Gasteiger partial charge in [0.05, 0.1) is 18.6 Å². The van der Waals surface area contributed by atoms with Gasteiger partial charge in [-0.25, -0.2) is 9.59 Å². The van der Waals surface area contributed by atoms with Gasteiger partial charge in [-0.2, -0.15) is 0 Å². The summed E-state index contributed by atoms with van der Waals surface area (Å²) in [5.74, 6) is -2.83. The lowest BCUT2D eigenvalue weighted by Crippen LogP contribution is -2.61. The van der Waals surface area contributed by atoms with Crippen LogP contribution in [-0.2, 0) is 23.9 Å². The molecule has 0 aromatic heterocycles. The summed E-state index contributed by atoms with van der Waals surface area (Å²) in [6.45, 7) is 16.2. The van der Waals surface area contributed by atoms with E-state index in [0.29, 0.717) is 25.0 Å². The van der Waals surface area contributed by atoms with E-state index in [0.717, 1.165) is 19.3 Å². The molecule has 13 nitrogen and oxygen atoms in total. The molecule has 246 valence electrons. The molecule has 13 heteroatoms. The summed E-state index contributed by atoms with van der Waals surface area (Å²) >= 11 is 0. The van der Waals surface area contributed by atoms with Crippen LogP contribution in [0.4, 0.5) is 9.59 Å². The van der Waals surface area contributed by atoms with Gasteiger partial charge in [0.2, 0.25) is 17.6 Å². The minimum atomic E-state index is -1.10. The van der Waals surface area contributed by atoms with Gasteiger partial charge in [0.1, 0.15) is 18.7 Å². The van der Waals surface area contributed by atoms with Crippen LogP contribution in [0.15, 0.2) is 12.2 Å². The molecule has 0 aromatic rings. The van der Waals surface area contributed by atoms with Crippen LogP contribution in [0.3, 0.4) is 0 Å². The van der Waals surface area contributed by atoms with Crippen molar-refractivity contribution in [2.24, 2.45) is 28.9 Å². The molecule has 0 radical (unpaired) electrons. The molecule has 3 aliphatic rings. The minimum absolute atomic E-state index is 0.0402. The van der Waals surface area contributed by atoms with Crippen molar-refractivity contribution < 1.29 is 33.5 Å². The summed E-state index contributed by atoms with van der Waals surface area (Å²) in [6, 6.07) is -4.16. The third-order valence-corrected chi connectivity index (χ3v) is 9.06. The molecule has 1 saturated carbocycles. The zero-order valence-corrected chi connectivity index (χ0v) is 26.9. The molecule has 0 spiro atoms. The number of cyclic esters (lactones) is 1. The highest BCUT2D eigenvalue weighted by molar-refractivity contribution is 6.37. The number of primary amides is 1. The molecule has 3 rings (SSSR count). The van der Waals surface area contributed by atoms with Crippen molar-refractivity contribution in [3.63, 3.8) is 0 Å². The smallest absolute Gasteiger partial charge is 0.410 e. The van der Waals surface area contributed by atoms with Crippen molar-refractivity contribution in [1.29, 1.82) is 0 Å². The van der Waals surface area contributed by atoms with Crippen molar-refractivity contribution in [2.75, 3.05) is 26.2 Å². The van der Waals surface area contributed by atoms with Crippen LogP contribution in [-0.4, -0.2) is 95.8 Å². The summed E-state index contributed by atoms with van der Waals surface area (Å²) in [4.78, 5) is 80.7. The maximum absolute atomic E-state index is 14.2. The molecule has 3 fully saturated rings. The summed E-state index contributed by atoms with van der Waals surface area (Å²) in [5.41, 5.74) is 5.19. The molecule has 0 bridgehead atoms. The topological polar surface area (TPSA) is 180 Å². The first kappa shape index (κ1) is 34.8. The van der Waals surface area contributed by atoms with E-state index in [4.69, 9.17) is 10.5 Å². The molecule has 5 atom stereocenters. The Morgan fingerprint density at radius 3 is 2.16 bits per heavy atom. The Morgan fingerprint density at radius 1 is 1.02 bits per heavy atom. The van der Waals surface area contributed by atoms with Crippen LogP contribution >= 0.6 is 0 Å². The van der Waals surface area contributed by atoms with Crippen molar-refractivity contribution in [3.05, 3.63) is 12.2 Å². The Hall–Kier alpha value is -3.64. The molecule has 44 heavy (non-hydrogen) atoms. The third kappa shape index (κ3) is 8.50. The van der Waals surface area contributed by atoms with Gasteiger partial charge in [0, 0.05) is 13.1 Å². The molecule has 2 aliphatic heterocycles. The molecule has 2 saturated heterocycles. The first-order valence-electron chi connectivity index (χ1n) is 15.6. The van der Waals surface area contributed by atoms with Crippen molar-refractivity contribution in [2.45, 2.75) is 97.8 Å². The number of carbonyl (C=O) groups is 6. The Kier molecular flexibility index (Phi) is 11.4. The maximum atomic E-state index is 14.2. The highest BCUT2D eigenvalue weighted by atomic mass is 16.6. The number of nitrogens with one attached hydrogen (secondary N) is 3. The number of Topliss-reactive ketones (excluding diaryl/α,β-unsaturated/α-hetero) is 1. The lowest BCUT2D eigenvalue weighted by molar-refractivity contribution is -0.144. The average Bonchev–Trinajstić information content (AvgIpc) is 3.53. The van der Waals surface area contributed by atoms with Crippen LogP contribution in [0.1, 0.15) is 73.6 Å². The van der Waals surface area contributed by atoms with Crippen LogP contribution in [0.5, 0.6) is 0 Å². The highest BCUT2D eigenvalue weighted by Gasteiger charge is 2.48. The van der Waals surface area contributed by atoms with E-state index in [2.05, 4.69) is 22.5 Å². The molecule has 1 unspecified atom stereocenters. The number of ether oxygens (including phenoxy) is 1. The lowest BCUT2D eigenvalue weighted by atomic mass is 9.80. The maximum Gasteiger partial charge on any atom is 0.410 e. The highest BCUT2D eigenvalue weighted by Crippen LogP contribution is 2.34. The summed E-state index contributed by atoms with van der Waals surface area (Å²) in [6.07, 6.45) is 3.28. The van der Waals surface area contributed by atoms with Crippen LogP contribution in [0, 0.1) is 23.2 Å². The molecule has 1 aliphatic carbocycles. The number of nitrogens with two attached hydrogens (primary N) is 1. The van der Waals surface area contributed by atoms with Gasteiger partial charge in [-0.1, -0.05) is 66.0 Å². The average molecular weight is 619 g/mol. The number of amides is 6. The van der Waals surface area contributed by atoms with E-state index in [-0.39, 0.29) is 37.5 Å². The zero-order valence-electron chi connectivity index (χ0n) is 26.9. The summed E-state index contributed by atoms with van der Waals surface area (Å²) in [7, 11) is 0. The van der Waals surface area contributed by atoms with Gasteiger partial charge in [0.15, 0.2) is 0 Å². The van der Waals surface area contributed by atoms with E-state index in [1.807, 2.05) is 34.6 Å². The normalized spacial score (nSPS) is 22.5. The van der Waals surface area contributed by atoms with Crippen LogP contribution in [0.25, 0.3) is 0 Å². The molecule has 2 heterocycles. The molecular formula is C31H50N6O7. The standard InChI is InChI=1S/C31H50N6O7/c1-17(2)20-11-12-37(23(20)27(40)33-21(24(38)26(32)39)15-19-9-8-10-19)28(41)25(31(5,6)7)35-29(42)34-22(18(3)4)16-36-13-14-44-30(36)43/h17,19-23,25H,3,8-16H2,1-2,4-7H3,(H2,32,39)(H,33,40)(H2,34,35,42)/t20-,21?,22-,23+,25-/m1/s1. The number of hydrogen-bond acceptors (Lipinski definition) is 7. The van der Waals surface area contributed by atoms with Gasteiger partial charge < -0.3 is 36.2 Å². The van der Waals surface area contributed by atoms with Gasteiger partial charge in [-0.3, -0.25) is 19.2 Å². The summed E-state index contributed by atoms with van der Waals surface area (Å²) < 4.78 is 4.98. The van der Waals surface area contributed by atoms with E-state index in [1.54, 1.807) is 6.92 Å². The van der Waals surface area contributed by atoms with Crippen LogP contribution < -0.4 is 21.7 Å². The Labute approximate surface area is 260 Å². The minimum Gasteiger partial charge on any atom is -0.448 e. The zero-order chi connectivity index (χ0) is 32.9.